The molecule has 0 spiro atoms. The highest BCUT2D eigenvalue weighted by molar-refractivity contribution is 5.71. The van der Waals surface area contributed by atoms with E-state index < -0.39 is 6.10 Å². The smallest absolute Gasteiger partial charge is 0.306 e. The van der Waals surface area contributed by atoms with Crippen LogP contribution in [0.1, 0.15) is 233 Å². The Hall–Kier alpha value is -3.41. The van der Waals surface area contributed by atoms with E-state index in [0.29, 0.717) is 19.3 Å². The van der Waals surface area contributed by atoms with E-state index in [4.69, 9.17) is 14.2 Å². The zero-order valence-electron chi connectivity index (χ0n) is 40.4. The van der Waals surface area contributed by atoms with Crippen molar-refractivity contribution in [3.05, 3.63) is 85.1 Å². The van der Waals surface area contributed by atoms with Crippen LogP contribution in [0.5, 0.6) is 0 Å². The van der Waals surface area contributed by atoms with Gasteiger partial charge in [-0.3, -0.25) is 14.4 Å². The van der Waals surface area contributed by atoms with Gasteiger partial charge in [0.25, 0.3) is 0 Å². The average molecular weight is 863 g/mol. The number of allylic oxidation sites excluding steroid dienone is 14. The van der Waals surface area contributed by atoms with Crippen molar-refractivity contribution >= 4 is 17.9 Å². The molecule has 0 rings (SSSR count). The van der Waals surface area contributed by atoms with Gasteiger partial charge in [-0.1, -0.05) is 228 Å². The summed E-state index contributed by atoms with van der Waals surface area (Å²) in [6.45, 7) is 6.33. The van der Waals surface area contributed by atoms with Crippen molar-refractivity contribution in [2.45, 2.75) is 239 Å². The van der Waals surface area contributed by atoms with Crippen molar-refractivity contribution in [2.75, 3.05) is 13.2 Å². The van der Waals surface area contributed by atoms with Crippen LogP contribution in [-0.2, 0) is 28.6 Å². The first-order chi connectivity index (χ1) is 30.5. The van der Waals surface area contributed by atoms with Crippen LogP contribution in [0.25, 0.3) is 0 Å². The quantitative estimate of drug-likeness (QED) is 0.0199. The summed E-state index contributed by atoms with van der Waals surface area (Å²) in [5, 5.41) is 0. The van der Waals surface area contributed by atoms with Gasteiger partial charge >= 0.3 is 17.9 Å². The molecule has 6 nitrogen and oxygen atoms in total. The van der Waals surface area contributed by atoms with Gasteiger partial charge in [0.1, 0.15) is 13.2 Å². The summed E-state index contributed by atoms with van der Waals surface area (Å²) in [6, 6.07) is 0. The third kappa shape index (κ3) is 47.6. The molecule has 0 aromatic carbocycles. The molecule has 1 atom stereocenters. The summed E-state index contributed by atoms with van der Waals surface area (Å²) in [5.74, 6) is -0.960. The number of esters is 3. The van der Waals surface area contributed by atoms with E-state index in [9.17, 15) is 14.4 Å². The second kappa shape index (κ2) is 50.2. The van der Waals surface area contributed by atoms with Crippen LogP contribution in [-0.4, -0.2) is 37.2 Å². The van der Waals surface area contributed by atoms with Crippen LogP contribution in [0.2, 0.25) is 0 Å². The van der Waals surface area contributed by atoms with Gasteiger partial charge in [-0.2, -0.15) is 0 Å². The van der Waals surface area contributed by atoms with E-state index in [-0.39, 0.29) is 31.1 Å². The maximum atomic E-state index is 12.8. The van der Waals surface area contributed by atoms with Crippen molar-refractivity contribution in [1.29, 1.82) is 0 Å². The molecule has 0 amide bonds. The molecule has 62 heavy (non-hydrogen) atoms. The molecular formula is C56H94O6. The van der Waals surface area contributed by atoms with Crippen molar-refractivity contribution in [1.82, 2.24) is 0 Å². The van der Waals surface area contributed by atoms with E-state index in [0.717, 1.165) is 103 Å². The number of rotatable bonds is 45. The van der Waals surface area contributed by atoms with Crippen molar-refractivity contribution in [3.8, 4) is 0 Å². The van der Waals surface area contributed by atoms with Crippen LogP contribution in [0.15, 0.2) is 85.1 Å². The number of carbonyl (C=O) groups is 3. The fraction of sp³-hybridized carbons (Fsp3) is 0.696. The average Bonchev–Trinajstić information content (AvgIpc) is 3.27. The Morgan fingerprint density at radius 2 is 0.710 bits per heavy atom. The van der Waals surface area contributed by atoms with Crippen LogP contribution < -0.4 is 0 Å². The summed E-state index contributed by atoms with van der Waals surface area (Å²) in [4.78, 5) is 37.9. The van der Waals surface area contributed by atoms with Gasteiger partial charge in [-0.05, 0) is 70.6 Å². The molecule has 0 radical (unpaired) electrons. The first-order valence-corrected chi connectivity index (χ1v) is 25.6. The van der Waals surface area contributed by atoms with Crippen molar-refractivity contribution in [2.24, 2.45) is 0 Å². The molecule has 0 bridgehead atoms. The van der Waals surface area contributed by atoms with Crippen molar-refractivity contribution < 1.29 is 28.6 Å². The first-order valence-electron chi connectivity index (χ1n) is 25.6. The van der Waals surface area contributed by atoms with E-state index in [1.165, 1.54) is 89.9 Å². The summed E-state index contributed by atoms with van der Waals surface area (Å²) in [6.07, 6.45) is 64.3. The van der Waals surface area contributed by atoms with E-state index in [1.54, 1.807) is 0 Å². The Labute approximate surface area is 382 Å². The van der Waals surface area contributed by atoms with Gasteiger partial charge in [0.05, 0.1) is 0 Å². The summed E-state index contributed by atoms with van der Waals surface area (Å²) < 4.78 is 16.7. The van der Waals surface area contributed by atoms with Crippen LogP contribution >= 0.6 is 0 Å². The fourth-order valence-electron chi connectivity index (χ4n) is 6.94. The topological polar surface area (TPSA) is 78.9 Å². The van der Waals surface area contributed by atoms with E-state index >= 15 is 0 Å². The van der Waals surface area contributed by atoms with Gasteiger partial charge in [0, 0.05) is 19.3 Å². The third-order valence-corrected chi connectivity index (χ3v) is 10.7. The third-order valence-electron chi connectivity index (χ3n) is 10.7. The zero-order chi connectivity index (χ0) is 45.1. The lowest BCUT2D eigenvalue weighted by Crippen LogP contribution is -2.30. The minimum absolute atomic E-state index is 0.0974. The van der Waals surface area contributed by atoms with Crippen molar-refractivity contribution in [3.63, 3.8) is 0 Å². The summed E-state index contributed by atoms with van der Waals surface area (Å²) in [7, 11) is 0. The van der Waals surface area contributed by atoms with Gasteiger partial charge in [-0.25, -0.2) is 0 Å². The Bertz CT molecular complexity index is 1220. The normalized spacial score (nSPS) is 12.8. The van der Waals surface area contributed by atoms with Crippen LogP contribution in [0.4, 0.5) is 0 Å². The molecule has 0 saturated heterocycles. The molecular weight excluding hydrogens is 769 g/mol. The van der Waals surface area contributed by atoms with Gasteiger partial charge in [-0.15, -0.1) is 0 Å². The molecule has 0 fully saturated rings. The minimum atomic E-state index is -0.802. The second-order valence-corrected chi connectivity index (χ2v) is 16.8. The molecule has 6 heteroatoms. The number of ether oxygens (including phenoxy) is 3. The minimum Gasteiger partial charge on any atom is -0.462 e. The Kier molecular flexibility index (Phi) is 47.5. The second-order valence-electron chi connectivity index (χ2n) is 16.8. The predicted octanol–water partition coefficient (Wildman–Crippen LogP) is 16.8. The molecule has 0 aliphatic heterocycles. The lowest BCUT2D eigenvalue weighted by molar-refractivity contribution is -0.167. The molecule has 0 aliphatic rings. The lowest BCUT2D eigenvalue weighted by Gasteiger charge is -2.18. The molecule has 0 aliphatic carbocycles. The maximum Gasteiger partial charge on any atom is 0.306 e. The molecule has 1 unspecified atom stereocenters. The van der Waals surface area contributed by atoms with Gasteiger partial charge in [0.2, 0.25) is 0 Å². The Morgan fingerprint density at radius 3 is 1.19 bits per heavy atom. The summed E-state index contributed by atoms with van der Waals surface area (Å²) >= 11 is 0. The number of hydrogen-bond donors (Lipinski definition) is 0. The zero-order valence-corrected chi connectivity index (χ0v) is 40.4. The van der Waals surface area contributed by atoms with Crippen LogP contribution in [0.3, 0.4) is 0 Å². The predicted molar refractivity (Wildman–Crippen MR) is 265 cm³/mol. The molecule has 0 heterocycles. The molecule has 354 valence electrons. The standard InChI is InChI=1S/C56H94O6/c1-4-7-10-13-16-19-22-25-27-28-29-32-34-37-40-43-46-49-55(58)61-52-53(51-60-54(57)48-45-42-39-36-33-30-24-21-18-15-12-9-6-3)62-56(59)50-47-44-41-38-35-31-26-23-20-17-14-11-8-5-2/h8-9,11-12,15,17-18,20-21,24,26,30-31,33,53H,4-7,10,13-14,16,19,22-23,25,27-29,32,34-52H2,1-3H3/b11-8-,12-9-,18-15-,20-17-,24-21-,31-26-,33-30-. The molecule has 0 aromatic rings. The Balaban J connectivity index is 4.44. The largest absolute Gasteiger partial charge is 0.462 e. The maximum absolute atomic E-state index is 12.8. The van der Waals surface area contributed by atoms with E-state index in [1.807, 2.05) is 36.5 Å². The van der Waals surface area contributed by atoms with Gasteiger partial charge in [0.15, 0.2) is 6.10 Å². The van der Waals surface area contributed by atoms with E-state index in [2.05, 4.69) is 69.4 Å². The van der Waals surface area contributed by atoms with Crippen LogP contribution in [0, 0.1) is 0 Å². The lowest BCUT2D eigenvalue weighted by atomic mass is 10.0. The van der Waals surface area contributed by atoms with Gasteiger partial charge < -0.3 is 14.2 Å². The molecule has 0 saturated carbocycles. The first kappa shape index (κ1) is 58.6. The molecule has 0 N–H and O–H groups in total. The highest BCUT2D eigenvalue weighted by Crippen LogP contribution is 2.15. The summed E-state index contributed by atoms with van der Waals surface area (Å²) in [5.41, 5.74) is 0. The highest BCUT2D eigenvalue weighted by Gasteiger charge is 2.19. The number of carbonyl (C=O) groups excluding carboxylic acids is 3. The number of unbranched alkanes of at least 4 members (excludes halogenated alkanes) is 23. The monoisotopic (exact) mass is 863 g/mol. The highest BCUT2D eigenvalue weighted by atomic mass is 16.6. The molecule has 0 aromatic heterocycles. The number of hydrogen-bond acceptors (Lipinski definition) is 6. The SMILES string of the molecule is CC\C=C/C=C\C=C/C=C\CCCCCC(=O)OCC(COC(=O)CCCCCCCCCCCCCCCCCCC)OC(=O)CCCCCC/C=C\C/C=C\C/C=C\CC. The Morgan fingerprint density at radius 1 is 0.355 bits per heavy atom. The fourth-order valence-corrected chi connectivity index (χ4v) is 6.94.